The number of carbonyl (C=O) groups excluding carboxylic acids is 2. The van der Waals surface area contributed by atoms with Gasteiger partial charge in [0.15, 0.2) is 6.10 Å². The summed E-state index contributed by atoms with van der Waals surface area (Å²) in [5, 5.41) is 0. The fourth-order valence-corrected chi connectivity index (χ4v) is 8.13. The van der Waals surface area contributed by atoms with Crippen LogP contribution >= 0.6 is 0 Å². The van der Waals surface area contributed by atoms with Gasteiger partial charge >= 0.3 is 11.9 Å². The molecule has 5 nitrogen and oxygen atoms in total. The van der Waals surface area contributed by atoms with E-state index in [-0.39, 0.29) is 18.5 Å². The molecule has 360 valence electrons. The molecule has 0 unspecified atom stereocenters. The number of ether oxygens (including phenoxy) is 3. The molecule has 0 aromatic rings. The Morgan fingerprint density at radius 2 is 0.689 bits per heavy atom. The first kappa shape index (κ1) is 59.4. The van der Waals surface area contributed by atoms with Gasteiger partial charge in [-0.25, -0.2) is 0 Å². The average Bonchev–Trinajstić information content (AvgIpc) is 3.26. The van der Waals surface area contributed by atoms with Crippen molar-refractivity contribution in [1.82, 2.24) is 0 Å². The van der Waals surface area contributed by atoms with E-state index in [1.54, 1.807) is 0 Å². The van der Waals surface area contributed by atoms with Crippen molar-refractivity contribution in [3.8, 4) is 0 Å². The highest BCUT2D eigenvalue weighted by atomic mass is 16.6. The van der Waals surface area contributed by atoms with Crippen LogP contribution in [0.1, 0.15) is 297 Å². The quantitative estimate of drug-likeness (QED) is 0.0346. The summed E-state index contributed by atoms with van der Waals surface area (Å²) in [4.78, 5) is 25.4. The Labute approximate surface area is 381 Å². The third-order valence-corrected chi connectivity index (χ3v) is 12.2. The molecule has 0 rings (SSSR count). The van der Waals surface area contributed by atoms with Gasteiger partial charge in [-0.15, -0.1) is 0 Å². The van der Waals surface area contributed by atoms with Gasteiger partial charge in [0.2, 0.25) is 0 Å². The zero-order valence-electron chi connectivity index (χ0n) is 41.5. The number of hydrogen-bond donors (Lipinski definition) is 0. The number of carbonyl (C=O) groups is 2. The summed E-state index contributed by atoms with van der Waals surface area (Å²) in [6.45, 7) is 7.86. The third-order valence-electron chi connectivity index (χ3n) is 12.2. The van der Waals surface area contributed by atoms with Crippen molar-refractivity contribution < 1.29 is 23.8 Å². The van der Waals surface area contributed by atoms with Gasteiger partial charge in [0.25, 0.3) is 0 Å². The summed E-state index contributed by atoms with van der Waals surface area (Å²) in [5.41, 5.74) is 0. The molecule has 0 saturated heterocycles. The topological polar surface area (TPSA) is 61.8 Å². The highest BCUT2D eigenvalue weighted by Crippen LogP contribution is 2.16. The Morgan fingerprint density at radius 3 is 1.11 bits per heavy atom. The highest BCUT2D eigenvalue weighted by Gasteiger charge is 2.17. The molecule has 0 N–H and O–H groups in total. The molecule has 5 heteroatoms. The first-order valence-electron chi connectivity index (χ1n) is 27.4. The molecule has 0 aliphatic carbocycles. The van der Waals surface area contributed by atoms with E-state index in [2.05, 4.69) is 45.1 Å². The smallest absolute Gasteiger partial charge is 0.306 e. The van der Waals surface area contributed by atoms with Crippen LogP contribution in [0.4, 0.5) is 0 Å². The van der Waals surface area contributed by atoms with Crippen LogP contribution in [-0.4, -0.2) is 37.9 Å². The van der Waals surface area contributed by atoms with Gasteiger partial charge in [-0.3, -0.25) is 9.59 Å². The molecule has 61 heavy (non-hydrogen) atoms. The molecule has 0 spiro atoms. The Hall–Kier alpha value is -1.62. The van der Waals surface area contributed by atoms with Crippen molar-refractivity contribution in [2.75, 3.05) is 19.8 Å². The van der Waals surface area contributed by atoms with Crippen LogP contribution in [-0.2, 0) is 23.8 Å². The van der Waals surface area contributed by atoms with Gasteiger partial charge in [-0.2, -0.15) is 0 Å². The molecule has 0 radical (unpaired) electrons. The van der Waals surface area contributed by atoms with Crippen molar-refractivity contribution in [1.29, 1.82) is 0 Å². The first-order valence-corrected chi connectivity index (χ1v) is 27.4. The van der Waals surface area contributed by atoms with E-state index in [1.165, 1.54) is 218 Å². The van der Waals surface area contributed by atoms with E-state index in [0.29, 0.717) is 26.1 Å². The summed E-state index contributed by atoms with van der Waals surface area (Å²) in [7, 11) is 0. The third kappa shape index (κ3) is 50.9. The first-order chi connectivity index (χ1) is 30.1. The Balaban J connectivity index is 4.22. The van der Waals surface area contributed by atoms with Gasteiger partial charge < -0.3 is 14.2 Å². The lowest BCUT2D eigenvalue weighted by molar-refractivity contribution is -0.163. The Kier molecular flexibility index (Phi) is 51.3. The monoisotopic (exact) mass is 859 g/mol. The minimum atomic E-state index is -0.532. The molecule has 0 aliphatic rings. The van der Waals surface area contributed by atoms with E-state index >= 15 is 0 Å². The minimum Gasteiger partial charge on any atom is -0.462 e. The highest BCUT2D eigenvalue weighted by molar-refractivity contribution is 5.70. The molecule has 0 saturated carbocycles. The van der Waals surface area contributed by atoms with E-state index in [1.807, 2.05) is 0 Å². The summed E-state index contributed by atoms with van der Waals surface area (Å²) in [5.74, 6) is -0.386. The second kappa shape index (κ2) is 52.7. The normalized spacial score (nSPS) is 12.2. The maximum absolute atomic E-state index is 12.8. The molecular formula is C56H106O5. The summed E-state index contributed by atoms with van der Waals surface area (Å²) >= 11 is 0. The van der Waals surface area contributed by atoms with Gasteiger partial charge in [0.1, 0.15) is 6.61 Å². The Bertz CT molecular complexity index is 928. The lowest BCUT2D eigenvalue weighted by Crippen LogP contribution is -2.30. The van der Waals surface area contributed by atoms with E-state index in [4.69, 9.17) is 14.2 Å². The maximum atomic E-state index is 12.8. The van der Waals surface area contributed by atoms with Gasteiger partial charge in [-0.05, 0) is 51.4 Å². The Morgan fingerprint density at radius 1 is 0.361 bits per heavy atom. The van der Waals surface area contributed by atoms with Crippen molar-refractivity contribution in [3.63, 3.8) is 0 Å². The van der Waals surface area contributed by atoms with Gasteiger partial charge in [-0.1, -0.05) is 257 Å². The zero-order valence-corrected chi connectivity index (χ0v) is 41.5. The lowest BCUT2D eigenvalue weighted by Gasteiger charge is -2.18. The van der Waals surface area contributed by atoms with Crippen LogP contribution in [0.15, 0.2) is 24.3 Å². The SMILES string of the molecule is CCCCC/C=C\C/C=C\CCCCCCCCCC(=O)O[C@H](COCCCCCCCCCCCCCCCCCC)COC(=O)CCCCCCCCCCCCCC. The van der Waals surface area contributed by atoms with Crippen molar-refractivity contribution >= 4 is 11.9 Å². The van der Waals surface area contributed by atoms with Crippen LogP contribution in [0, 0.1) is 0 Å². The van der Waals surface area contributed by atoms with Gasteiger partial charge in [0.05, 0.1) is 6.61 Å². The predicted molar refractivity (Wildman–Crippen MR) is 265 cm³/mol. The molecule has 0 heterocycles. The number of esters is 2. The van der Waals surface area contributed by atoms with Crippen LogP contribution in [0.25, 0.3) is 0 Å². The van der Waals surface area contributed by atoms with Crippen LogP contribution in [0.2, 0.25) is 0 Å². The summed E-state index contributed by atoms with van der Waals surface area (Å²) in [6, 6.07) is 0. The molecule has 0 aromatic heterocycles. The number of allylic oxidation sites excluding steroid dienone is 4. The van der Waals surface area contributed by atoms with Crippen LogP contribution < -0.4 is 0 Å². The van der Waals surface area contributed by atoms with Gasteiger partial charge in [0, 0.05) is 19.4 Å². The average molecular weight is 859 g/mol. The second-order valence-corrected chi connectivity index (χ2v) is 18.5. The van der Waals surface area contributed by atoms with E-state index in [9.17, 15) is 9.59 Å². The van der Waals surface area contributed by atoms with E-state index < -0.39 is 6.10 Å². The van der Waals surface area contributed by atoms with Crippen molar-refractivity contribution in [3.05, 3.63) is 24.3 Å². The van der Waals surface area contributed by atoms with E-state index in [0.717, 1.165) is 44.9 Å². The molecule has 0 fully saturated rings. The fourth-order valence-electron chi connectivity index (χ4n) is 8.13. The molecule has 0 aromatic carbocycles. The number of unbranched alkanes of at least 4 members (excludes halogenated alkanes) is 36. The molecule has 1 atom stereocenters. The molecule has 0 aliphatic heterocycles. The largest absolute Gasteiger partial charge is 0.462 e. The standard InChI is InChI=1S/C56H106O5/c1-4-7-10-13-16-19-22-25-27-29-30-32-35-38-41-44-47-50-56(58)61-54(53-60-55(57)49-46-43-40-37-34-24-21-18-15-12-9-6-3)52-59-51-48-45-42-39-36-33-31-28-26-23-20-17-14-11-8-5-2/h16,19,25,27,54H,4-15,17-18,20-24,26,28-53H2,1-3H3/b19-16-,27-25-/t54-/m1/s1. The predicted octanol–water partition coefficient (Wildman–Crippen LogP) is 18.4. The van der Waals surface area contributed by atoms with Crippen molar-refractivity contribution in [2.24, 2.45) is 0 Å². The minimum absolute atomic E-state index is 0.0900. The second-order valence-electron chi connectivity index (χ2n) is 18.5. The fraction of sp³-hybridized carbons (Fsp3) is 0.893. The van der Waals surface area contributed by atoms with Crippen LogP contribution in [0.5, 0.6) is 0 Å². The molecule has 0 amide bonds. The van der Waals surface area contributed by atoms with Crippen LogP contribution in [0.3, 0.4) is 0 Å². The maximum Gasteiger partial charge on any atom is 0.306 e. The number of rotatable bonds is 51. The molecular weight excluding hydrogens is 753 g/mol. The van der Waals surface area contributed by atoms with Crippen molar-refractivity contribution in [2.45, 2.75) is 303 Å². The lowest BCUT2D eigenvalue weighted by atomic mass is 10.0. The molecule has 0 bridgehead atoms. The number of hydrogen-bond acceptors (Lipinski definition) is 5. The summed E-state index contributed by atoms with van der Waals surface area (Å²) in [6.07, 6.45) is 61.8. The summed E-state index contributed by atoms with van der Waals surface area (Å²) < 4.78 is 17.4. The zero-order chi connectivity index (χ0) is 44.2.